The summed E-state index contributed by atoms with van der Waals surface area (Å²) in [6, 6.07) is 5.15. The minimum absolute atomic E-state index is 0.126. The molecule has 2 rings (SSSR count). The van der Waals surface area contributed by atoms with Crippen LogP contribution in [0.3, 0.4) is 0 Å². The number of hydrogen-bond donors (Lipinski definition) is 1. The molecule has 5 nitrogen and oxygen atoms in total. The van der Waals surface area contributed by atoms with Gasteiger partial charge in [-0.15, -0.1) is 0 Å². The van der Waals surface area contributed by atoms with Crippen molar-refractivity contribution in [3.63, 3.8) is 0 Å². The molecule has 2 N–H and O–H groups in total. The lowest BCUT2D eigenvalue weighted by atomic mass is 10.2. The molecule has 1 aromatic rings. The number of carbonyl (C=O) groups excluding carboxylic acids is 2. The summed E-state index contributed by atoms with van der Waals surface area (Å²) in [7, 11) is 0. The second kappa shape index (κ2) is 7.80. The Balaban J connectivity index is 2.01. The molecule has 22 heavy (non-hydrogen) atoms. The number of ether oxygens (including phenoxy) is 1. The lowest BCUT2D eigenvalue weighted by Gasteiger charge is -2.24. The van der Waals surface area contributed by atoms with Gasteiger partial charge in [-0.2, -0.15) is 0 Å². The molecular formula is C16H21IN2O3. The lowest BCUT2D eigenvalue weighted by molar-refractivity contribution is -0.139. The van der Waals surface area contributed by atoms with Gasteiger partial charge in [-0.25, -0.2) is 4.79 Å². The summed E-state index contributed by atoms with van der Waals surface area (Å²) in [5.41, 5.74) is 6.47. The Morgan fingerprint density at radius 1 is 1.23 bits per heavy atom. The number of hydrogen-bond acceptors (Lipinski definition) is 4. The maximum absolute atomic E-state index is 12.4. The smallest absolute Gasteiger partial charge is 0.341 e. The number of likely N-dealkylation sites (tertiary alicyclic amines) is 1. The number of carbonyl (C=O) groups is 2. The Labute approximate surface area is 144 Å². The molecule has 0 unspecified atom stereocenters. The fraction of sp³-hybridized carbons (Fsp3) is 0.500. The molecule has 1 aromatic carbocycles. The van der Waals surface area contributed by atoms with Crippen LogP contribution in [0.25, 0.3) is 0 Å². The SMILES string of the molecule is C[C@H](OC(=O)c1cc(I)ccc1N)C(=O)N1CCCCCC1. The van der Waals surface area contributed by atoms with E-state index in [1.54, 1.807) is 24.0 Å². The third-order valence-electron chi connectivity index (χ3n) is 3.78. The van der Waals surface area contributed by atoms with Gasteiger partial charge in [-0.1, -0.05) is 12.8 Å². The van der Waals surface area contributed by atoms with Crippen LogP contribution in [0.5, 0.6) is 0 Å². The van der Waals surface area contributed by atoms with Gasteiger partial charge in [0.1, 0.15) is 0 Å². The van der Waals surface area contributed by atoms with Crippen LogP contribution in [0.15, 0.2) is 18.2 Å². The molecule has 1 aliphatic heterocycles. The number of esters is 1. The van der Waals surface area contributed by atoms with Gasteiger partial charge in [0, 0.05) is 22.3 Å². The Hall–Kier alpha value is -1.31. The first-order valence-corrected chi connectivity index (χ1v) is 8.61. The molecule has 0 aliphatic carbocycles. The minimum atomic E-state index is -0.789. The van der Waals surface area contributed by atoms with Crippen molar-refractivity contribution < 1.29 is 14.3 Å². The van der Waals surface area contributed by atoms with Crippen LogP contribution in [0.1, 0.15) is 43.0 Å². The van der Waals surface area contributed by atoms with E-state index in [0.717, 1.165) is 42.3 Å². The zero-order chi connectivity index (χ0) is 16.1. The molecule has 1 aliphatic rings. The summed E-state index contributed by atoms with van der Waals surface area (Å²) in [6.45, 7) is 3.10. The van der Waals surface area contributed by atoms with Gasteiger partial charge >= 0.3 is 5.97 Å². The van der Waals surface area contributed by atoms with E-state index in [0.29, 0.717) is 11.3 Å². The van der Waals surface area contributed by atoms with E-state index in [2.05, 4.69) is 22.6 Å². The Bertz CT molecular complexity index is 554. The first-order valence-electron chi connectivity index (χ1n) is 7.54. The van der Waals surface area contributed by atoms with Crippen LogP contribution in [0.4, 0.5) is 5.69 Å². The Morgan fingerprint density at radius 2 is 1.86 bits per heavy atom. The minimum Gasteiger partial charge on any atom is -0.449 e. The predicted octanol–water partition coefficient (Wildman–Crippen LogP) is 2.82. The molecular weight excluding hydrogens is 395 g/mol. The van der Waals surface area contributed by atoms with Gasteiger partial charge in [0.15, 0.2) is 6.10 Å². The summed E-state index contributed by atoms with van der Waals surface area (Å²) >= 11 is 2.10. The zero-order valence-electron chi connectivity index (χ0n) is 12.7. The third-order valence-corrected chi connectivity index (χ3v) is 4.46. The number of rotatable bonds is 3. The molecule has 1 fully saturated rings. The second-order valence-electron chi connectivity index (χ2n) is 5.52. The van der Waals surface area contributed by atoms with E-state index in [1.165, 1.54) is 0 Å². The maximum Gasteiger partial charge on any atom is 0.341 e. The van der Waals surface area contributed by atoms with Crippen molar-refractivity contribution >= 4 is 40.2 Å². The van der Waals surface area contributed by atoms with Crippen molar-refractivity contribution in [2.24, 2.45) is 0 Å². The van der Waals surface area contributed by atoms with E-state index >= 15 is 0 Å². The van der Waals surface area contributed by atoms with E-state index in [4.69, 9.17) is 10.5 Å². The molecule has 0 spiro atoms. The van der Waals surface area contributed by atoms with Crippen molar-refractivity contribution in [2.75, 3.05) is 18.8 Å². The fourth-order valence-electron chi connectivity index (χ4n) is 2.53. The molecule has 6 heteroatoms. The topological polar surface area (TPSA) is 72.6 Å². The van der Waals surface area contributed by atoms with Crippen molar-refractivity contribution in [3.8, 4) is 0 Å². The summed E-state index contributed by atoms with van der Waals surface area (Å²) < 4.78 is 6.21. The van der Waals surface area contributed by atoms with Gasteiger partial charge in [-0.05, 0) is 60.6 Å². The molecule has 0 bridgehead atoms. The number of anilines is 1. The molecule has 0 aromatic heterocycles. The monoisotopic (exact) mass is 416 g/mol. The van der Waals surface area contributed by atoms with Crippen LogP contribution in [0, 0.1) is 3.57 Å². The molecule has 0 radical (unpaired) electrons. The van der Waals surface area contributed by atoms with E-state index < -0.39 is 12.1 Å². The van der Waals surface area contributed by atoms with Crippen LogP contribution in [0.2, 0.25) is 0 Å². The van der Waals surface area contributed by atoms with Gasteiger partial charge in [0.25, 0.3) is 5.91 Å². The average molecular weight is 416 g/mol. The molecule has 120 valence electrons. The quantitative estimate of drug-likeness (QED) is 0.467. The van der Waals surface area contributed by atoms with Gasteiger partial charge < -0.3 is 15.4 Å². The number of benzene rings is 1. The number of nitrogens with zero attached hydrogens (tertiary/aromatic N) is 1. The van der Waals surface area contributed by atoms with Gasteiger partial charge in [-0.3, -0.25) is 4.79 Å². The normalized spacial score (nSPS) is 16.7. The fourth-order valence-corrected chi connectivity index (χ4v) is 3.02. The molecule has 1 heterocycles. The number of halogens is 1. The highest BCUT2D eigenvalue weighted by atomic mass is 127. The summed E-state index contributed by atoms with van der Waals surface area (Å²) in [4.78, 5) is 26.4. The molecule has 1 saturated heterocycles. The largest absolute Gasteiger partial charge is 0.449 e. The zero-order valence-corrected chi connectivity index (χ0v) is 14.8. The molecule has 1 amide bonds. The average Bonchev–Trinajstić information content (AvgIpc) is 2.77. The maximum atomic E-state index is 12.4. The summed E-state index contributed by atoms with van der Waals surface area (Å²) in [5, 5.41) is 0. The van der Waals surface area contributed by atoms with Crippen LogP contribution in [-0.2, 0) is 9.53 Å². The molecule has 1 atom stereocenters. The van der Waals surface area contributed by atoms with Crippen LogP contribution in [-0.4, -0.2) is 36.0 Å². The Morgan fingerprint density at radius 3 is 2.50 bits per heavy atom. The number of nitrogens with two attached hydrogens (primary N) is 1. The van der Waals surface area contributed by atoms with E-state index in [9.17, 15) is 9.59 Å². The van der Waals surface area contributed by atoms with Crippen molar-refractivity contribution in [3.05, 3.63) is 27.3 Å². The third kappa shape index (κ3) is 4.34. The second-order valence-corrected chi connectivity index (χ2v) is 6.76. The van der Waals surface area contributed by atoms with Crippen LogP contribution >= 0.6 is 22.6 Å². The highest BCUT2D eigenvalue weighted by Crippen LogP contribution is 2.18. The van der Waals surface area contributed by atoms with Crippen molar-refractivity contribution in [2.45, 2.75) is 38.7 Å². The number of nitrogen functional groups attached to an aromatic ring is 1. The lowest BCUT2D eigenvalue weighted by Crippen LogP contribution is -2.40. The Kier molecular flexibility index (Phi) is 6.05. The number of amides is 1. The van der Waals surface area contributed by atoms with Crippen LogP contribution < -0.4 is 5.73 Å². The first kappa shape index (κ1) is 17.1. The predicted molar refractivity (Wildman–Crippen MR) is 93.5 cm³/mol. The van der Waals surface area contributed by atoms with Gasteiger partial charge in [0.05, 0.1) is 5.56 Å². The highest BCUT2D eigenvalue weighted by Gasteiger charge is 2.25. The van der Waals surface area contributed by atoms with Crippen molar-refractivity contribution in [1.29, 1.82) is 0 Å². The van der Waals surface area contributed by atoms with E-state index in [1.807, 2.05) is 6.07 Å². The summed E-state index contributed by atoms with van der Waals surface area (Å²) in [5.74, 6) is -0.675. The highest BCUT2D eigenvalue weighted by molar-refractivity contribution is 14.1. The van der Waals surface area contributed by atoms with E-state index in [-0.39, 0.29) is 5.91 Å². The van der Waals surface area contributed by atoms with Crippen molar-refractivity contribution in [1.82, 2.24) is 4.90 Å². The first-order chi connectivity index (χ1) is 10.5. The van der Waals surface area contributed by atoms with Gasteiger partial charge in [0.2, 0.25) is 0 Å². The molecule has 0 saturated carbocycles. The summed E-state index contributed by atoms with van der Waals surface area (Å²) in [6.07, 6.45) is 3.53. The standard InChI is InChI=1S/C16H21IN2O3/c1-11(15(20)19-8-4-2-3-5-9-19)22-16(21)13-10-12(17)6-7-14(13)18/h6-7,10-11H,2-5,8-9,18H2,1H3/t11-/m0/s1.